The van der Waals surface area contributed by atoms with Crippen molar-refractivity contribution in [2.24, 2.45) is 4.99 Å². The monoisotopic (exact) mass is 301 g/mol. The highest BCUT2D eigenvalue weighted by atomic mass is 32.2. The molecule has 116 valence electrons. The molecule has 0 spiro atoms. The second kappa shape index (κ2) is 7.76. The third kappa shape index (κ3) is 6.50. The Morgan fingerprint density at radius 3 is 2.60 bits per heavy atom. The molecular formula is C14H27N3O2S. The Morgan fingerprint density at radius 2 is 2.10 bits per heavy atom. The minimum atomic E-state index is -0.452. The molecule has 0 radical (unpaired) electrons. The van der Waals surface area contributed by atoms with Gasteiger partial charge in [0.2, 0.25) is 0 Å². The van der Waals surface area contributed by atoms with Gasteiger partial charge < -0.3 is 15.4 Å². The summed E-state index contributed by atoms with van der Waals surface area (Å²) in [5.41, 5.74) is -0.452. The molecule has 1 aliphatic carbocycles. The molecule has 5 nitrogen and oxygen atoms in total. The molecule has 2 unspecified atom stereocenters. The summed E-state index contributed by atoms with van der Waals surface area (Å²) >= 11 is 1.92. The summed E-state index contributed by atoms with van der Waals surface area (Å²) in [6.07, 6.45) is 5.69. The largest absolute Gasteiger partial charge is 0.459 e. The molecule has 6 heteroatoms. The van der Waals surface area contributed by atoms with E-state index in [1.807, 2.05) is 32.5 Å². The van der Waals surface area contributed by atoms with Crippen molar-refractivity contribution < 1.29 is 9.53 Å². The molecule has 2 N–H and O–H groups in total. The molecule has 1 rings (SSSR count). The normalized spacial score (nSPS) is 23.6. The number of ether oxygens (including phenoxy) is 1. The molecule has 0 amide bonds. The molecule has 0 aromatic heterocycles. The van der Waals surface area contributed by atoms with Crippen LogP contribution in [0.25, 0.3) is 0 Å². The fourth-order valence-electron chi connectivity index (χ4n) is 2.21. The molecule has 0 bridgehead atoms. The van der Waals surface area contributed by atoms with Gasteiger partial charge in [0.05, 0.1) is 0 Å². The van der Waals surface area contributed by atoms with Crippen LogP contribution < -0.4 is 10.6 Å². The van der Waals surface area contributed by atoms with Gasteiger partial charge in [0.15, 0.2) is 5.96 Å². The van der Waals surface area contributed by atoms with Crippen molar-refractivity contribution in [1.82, 2.24) is 10.6 Å². The first-order valence-electron chi connectivity index (χ1n) is 7.06. The van der Waals surface area contributed by atoms with Gasteiger partial charge in [-0.2, -0.15) is 11.8 Å². The van der Waals surface area contributed by atoms with E-state index in [2.05, 4.69) is 21.9 Å². The minimum Gasteiger partial charge on any atom is -0.459 e. The summed E-state index contributed by atoms with van der Waals surface area (Å²) in [6.45, 7) is 5.72. The summed E-state index contributed by atoms with van der Waals surface area (Å²) in [5.74, 6) is 0.400. The van der Waals surface area contributed by atoms with Crippen molar-refractivity contribution in [2.45, 2.75) is 56.9 Å². The van der Waals surface area contributed by atoms with Gasteiger partial charge in [-0.3, -0.25) is 9.79 Å². The zero-order valence-electron chi connectivity index (χ0n) is 13.2. The number of hydrogen-bond donors (Lipinski definition) is 2. The number of hydrogen-bond acceptors (Lipinski definition) is 4. The summed E-state index contributed by atoms with van der Waals surface area (Å²) in [4.78, 5) is 15.8. The number of carbonyl (C=O) groups excluding carboxylic acids is 1. The Kier molecular flexibility index (Phi) is 6.65. The van der Waals surface area contributed by atoms with E-state index in [0.29, 0.717) is 12.0 Å². The van der Waals surface area contributed by atoms with Crippen LogP contribution in [0.4, 0.5) is 0 Å². The van der Waals surface area contributed by atoms with E-state index in [9.17, 15) is 4.79 Å². The third-order valence-electron chi connectivity index (χ3n) is 3.10. The average molecular weight is 301 g/mol. The number of rotatable bonds is 4. The van der Waals surface area contributed by atoms with Gasteiger partial charge in [0.25, 0.3) is 0 Å². The van der Waals surface area contributed by atoms with Crippen molar-refractivity contribution in [2.75, 3.05) is 19.8 Å². The second-order valence-corrected chi connectivity index (χ2v) is 7.16. The molecule has 0 aromatic carbocycles. The first kappa shape index (κ1) is 17.1. The van der Waals surface area contributed by atoms with Crippen LogP contribution in [-0.2, 0) is 9.53 Å². The number of carbonyl (C=O) groups is 1. The molecule has 0 aromatic rings. The first-order chi connectivity index (χ1) is 9.34. The van der Waals surface area contributed by atoms with E-state index in [1.54, 1.807) is 7.05 Å². The van der Waals surface area contributed by atoms with Crippen LogP contribution in [0.5, 0.6) is 0 Å². The second-order valence-electron chi connectivity index (χ2n) is 6.02. The van der Waals surface area contributed by atoms with E-state index in [-0.39, 0.29) is 12.5 Å². The van der Waals surface area contributed by atoms with Gasteiger partial charge in [-0.25, -0.2) is 0 Å². The smallest absolute Gasteiger partial charge is 0.325 e. The molecule has 1 saturated carbocycles. The quantitative estimate of drug-likeness (QED) is 0.471. The number of thioether (sulfide) groups is 1. The lowest BCUT2D eigenvalue weighted by molar-refractivity contribution is -0.153. The lowest BCUT2D eigenvalue weighted by Gasteiger charge is -2.21. The Morgan fingerprint density at radius 1 is 1.40 bits per heavy atom. The first-order valence-corrected chi connectivity index (χ1v) is 8.34. The van der Waals surface area contributed by atoms with Crippen LogP contribution in [-0.4, -0.2) is 48.7 Å². The van der Waals surface area contributed by atoms with Gasteiger partial charge in [-0.1, -0.05) is 0 Å². The number of esters is 1. The summed E-state index contributed by atoms with van der Waals surface area (Å²) in [6, 6.07) is 0.442. The number of aliphatic imine (C=N–C) groups is 1. The van der Waals surface area contributed by atoms with Crippen molar-refractivity contribution >= 4 is 23.7 Å². The maximum Gasteiger partial charge on any atom is 0.325 e. The Balaban J connectivity index is 2.32. The standard InChI is InChI=1S/C14H27N3O2S/c1-14(2,3)19-12(18)9-16-13(15-4)17-10-6-7-11(8-10)20-5/h10-11H,6-9H2,1-5H3,(H2,15,16,17). The highest BCUT2D eigenvalue weighted by Crippen LogP contribution is 2.27. The van der Waals surface area contributed by atoms with Crippen LogP contribution in [0, 0.1) is 0 Å². The molecule has 0 aliphatic heterocycles. The van der Waals surface area contributed by atoms with Crippen LogP contribution in [0.3, 0.4) is 0 Å². The van der Waals surface area contributed by atoms with E-state index in [0.717, 1.165) is 18.1 Å². The van der Waals surface area contributed by atoms with Crippen molar-refractivity contribution in [3.05, 3.63) is 0 Å². The van der Waals surface area contributed by atoms with Gasteiger partial charge in [0, 0.05) is 18.3 Å². The number of nitrogens with one attached hydrogen (secondary N) is 2. The van der Waals surface area contributed by atoms with E-state index in [1.165, 1.54) is 6.42 Å². The molecule has 0 saturated heterocycles. The summed E-state index contributed by atoms with van der Waals surface area (Å²) < 4.78 is 5.25. The predicted octanol–water partition coefficient (Wildman–Crippen LogP) is 1.78. The predicted molar refractivity (Wildman–Crippen MR) is 85.3 cm³/mol. The summed E-state index contributed by atoms with van der Waals surface area (Å²) in [5, 5.41) is 7.11. The van der Waals surface area contributed by atoms with E-state index in [4.69, 9.17) is 4.74 Å². The third-order valence-corrected chi connectivity index (χ3v) is 4.20. The lowest BCUT2D eigenvalue weighted by Crippen LogP contribution is -2.45. The Hall–Kier alpha value is -0.910. The maximum absolute atomic E-state index is 11.6. The minimum absolute atomic E-state index is 0.135. The van der Waals surface area contributed by atoms with Gasteiger partial charge in [-0.05, 0) is 46.3 Å². The Labute approximate surface area is 126 Å². The van der Waals surface area contributed by atoms with Crippen molar-refractivity contribution in [1.29, 1.82) is 0 Å². The van der Waals surface area contributed by atoms with Crippen LogP contribution in [0.2, 0.25) is 0 Å². The highest BCUT2D eigenvalue weighted by molar-refractivity contribution is 7.99. The zero-order valence-corrected chi connectivity index (χ0v) is 14.0. The fraction of sp³-hybridized carbons (Fsp3) is 0.857. The number of nitrogens with zero attached hydrogens (tertiary/aromatic N) is 1. The SMILES string of the molecule is CN=C(NCC(=O)OC(C)(C)C)NC1CCC(SC)C1. The molecule has 0 heterocycles. The van der Waals surface area contributed by atoms with Crippen molar-refractivity contribution in [3.63, 3.8) is 0 Å². The summed E-state index contributed by atoms with van der Waals surface area (Å²) in [7, 11) is 1.71. The maximum atomic E-state index is 11.6. The molecule has 2 atom stereocenters. The number of guanidine groups is 1. The zero-order chi connectivity index (χ0) is 15.2. The average Bonchev–Trinajstić information content (AvgIpc) is 2.80. The molecular weight excluding hydrogens is 274 g/mol. The van der Waals surface area contributed by atoms with E-state index >= 15 is 0 Å². The van der Waals surface area contributed by atoms with Crippen LogP contribution in [0.15, 0.2) is 4.99 Å². The van der Waals surface area contributed by atoms with Crippen LogP contribution >= 0.6 is 11.8 Å². The van der Waals surface area contributed by atoms with E-state index < -0.39 is 5.60 Å². The van der Waals surface area contributed by atoms with Gasteiger partial charge >= 0.3 is 5.97 Å². The molecule has 20 heavy (non-hydrogen) atoms. The fourth-order valence-corrected chi connectivity index (χ4v) is 3.00. The van der Waals surface area contributed by atoms with Crippen molar-refractivity contribution in [3.8, 4) is 0 Å². The topological polar surface area (TPSA) is 62.7 Å². The Bertz CT molecular complexity index is 353. The lowest BCUT2D eigenvalue weighted by atomic mass is 10.2. The van der Waals surface area contributed by atoms with Gasteiger partial charge in [-0.15, -0.1) is 0 Å². The molecule has 1 fully saturated rings. The molecule has 1 aliphatic rings. The van der Waals surface area contributed by atoms with Crippen LogP contribution in [0.1, 0.15) is 40.0 Å². The highest BCUT2D eigenvalue weighted by Gasteiger charge is 2.24. The van der Waals surface area contributed by atoms with Gasteiger partial charge in [0.1, 0.15) is 12.1 Å².